The molecule has 1 fully saturated rings. The first kappa shape index (κ1) is 11.8. The maximum absolute atomic E-state index is 11.9. The first-order valence-electron chi connectivity index (χ1n) is 5.42. The summed E-state index contributed by atoms with van der Waals surface area (Å²) in [5.41, 5.74) is 0. The number of thiophene rings is 1. The molecule has 1 N–H and O–H groups in total. The minimum absolute atomic E-state index is 0.0428. The van der Waals surface area contributed by atoms with E-state index in [0.717, 1.165) is 24.5 Å². The average molecular weight is 256 g/mol. The highest BCUT2D eigenvalue weighted by Gasteiger charge is 2.22. The second-order valence-electron chi connectivity index (χ2n) is 3.85. The van der Waals surface area contributed by atoms with Gasteiger partial charge < -0.3 is 4.90 Å². The zero-order valence-corrected chi connectivity index (χ0v) is 10.9. The molecule has 0 spiro atoms. The van der Waals surface area contributed by atoms with Crippen molar-refractivity contribution < 1.29 is 4.79 Å². The Bertz CT molecular complexity index is 340. The summed E-state index contributed by atoms with van der Waals surface area (Å²) in [6.07, 6.45) is 4.46. The van der Waals surface area contributed by atoms with Crippen LogP contribution in [0.2, 0.25) is 0 Å². The van der Waals surface area contributed by atoms with Crippen LogP contribution in [0.3, 0.4) is 0 Å². The summed E-state index contributed by atoms with van der Waals surface area (Å²) in [5.74, 6) is 0. The summed E-state index contributed by atoms with van der Waals surface area (Å²) in [4.78, 5) is 13.9. The van der Waals surface area contributed by atoms with Crippen LogP contribution >= 0.6 is 23.1 Å². The molecule has 0 aliphatic carbocycles. The number of carbonyl (C=O) groups is 1. The summed E-state index contributed by atoms with van der Waals surface area (Å²) in [6.45, 7) is 1.76. The number of anilines is 1. The number of carbonyl (C=O) groups excluding carboxylic acids is 1. The highest BCUT2D eigenvalue weighted by Crippen LogP contribution is 2.21. The van der Waals surface area contributed by atoms with Gasteiger partial charge in [-0.15, -0.1) is 11.3 Å². The highest BCUT2D eigenvalue weighted by atomic mass is 32.2. The summed E-state index contributed by atoms with van der Waals surface area (Å²) in [5, 5.41) is 6.43. The monoisotopic (exact) mass is 256 g/mol. The first-order valence-corrected chi connectivity index (χ1v) is 7.58. The minimum Gasteiger partial charge on any atom is -0.323 e. The van der Waals surface area contributed by atoms with E-state index in [1.165, 1.54) is 6.42 Å². The van der Waals surface area contributed by atoms with Gasteiger partial charge in [0.05, 0.1) is 5.00 Å². The van der Waals surface area contributed by atoms with E-state index < -0.39 is 0 Å². The number of piperidine rings is 1. The Hall–Kier alpha value is -0.680. The zero-order chi connectivity index (χ0) is 11.4. The number of nitrogens with zero attached hydrogens (tertiary/aromatic N) is 1. The molecule has 2 heterocycles. The molecule has 3 nitrogen and oxygen atoms in total. The zero-order valence-electron chi connectivity index (χ0n) is 9.31. The van der Waals surface area contributed by atoms with Gasteiger partial charge in [-0.25, -0.2) is 4.79 Å². The number of urea groups is 1. The van der Waals surface area contributed by atoms with Gasteiger partial charge in [0.25, 0.3) is 0 Å². The molecule has 88 valence electrons. The second-order valence-corrected chi connectivity index (χ2v) is 5.94. The second kappa shape index (κ2) is 5.59. The van der Waals surface area contributed by atoms with Crippen molar-refractivity contribution in [2.45, 2.75) is 18.1 Å². The van der Waals surface area contributed by atoms with Gasteiger partial charge in [0.2, 0.25) is 0 Å². The number of likely N-dealkylation sites (tertiary alicyclic amines) is 1. The summed E-state index contributed by atoms with van der Waals surface area (Å²) >= 11 is 3.41. The Morgan fingerprint density at radius 2 is 2.56 bits per heavy atom. The molecule has 0 aromatic carbocycles. The van der Waals surface area contributed by atoms with Crippen molar-refractivity contribution in [3.63, 3.8) is 0 Å². The van der Waals surface area contributed by atoms with Crippen molar-refractivity contribution in [3.8, 4) is 0 Å². The van der Waals surface area contributed by atoms with Crippen LogP contribution in [0, 0.1) is 0 Å². The number of rotatable bonds is 2. The maximum Gasteiger partial charge on any atom is 0.322 e. The fourth-order valence-corrected chi connectivity index (χ4v) is 3.19. The van der Waals surface area contributed by atoms with Crippen LogP contribution in [0.4, 0.5) is 9.80 Å². The van der Waals surface area contributed by atoms with Gasteiger partial charge in [-0.1, -0.05) is 0 Å². The summed E-state index contributed by atoms with van der Waals surface area (Å²) in [7, 11) is 0. The van der Waals surface area contributed by atoms with Gasteiger partial charge in [0.1, 0.15) is 0 Å². The molecule has 5 heteroatoms. The lowest BCUT2D eigenvalue weighted by molar-refractivity contribution is 0.202. The summed E-state index contributed by atoms with van der Waals surface area (Å²) in [6, 6.07) is 3.92. The first-order chi connectivity index (χ1) is 7.79. The van der Waals surface area contributed by atoms with Crippen LogP contribution in [-0.2, 0) is 0 Å². The third-order valence-corrected chi connectivity index (χ3v) is 4.59. The topological polar surface area (TPSA) is 32.3 Å². The van der Waals surface area contributed by atoms with Crippen LogP contribution in [0.5, 0.6) is 0 Å². The molecule has 16 heavy (non-hydrogen) atoms. The number of hydrogen-bond donors (Lipinski definition) is 1. The number of thioether (sulfide) groups is 1. The number of hydrogen-bond acceptors (Lipinski definition) is 3. The lowest BCUT2D eigenvalue weighted by atomic mass is 10.1. The summed E-state index contributed by atoms with van der Waals surface area (Å²) < 4.78 is 0. The molecule has 1 aliphatic rings. The van der Waals surface area contributed by atoms with Crippen molar-refractivity contribution in [3.05, 3.63) is 17.5 Å². The quantitative estimate of drug-likeness (QED) is 0.882. The van der Waals surface area contributed by atoms with E-state index in [9.17, 15) is 4.79 Å². The molecule has 1 atom stereocenters. The van der Waals surface area contributed by atoms with E-state index in [1.54, 1.807) is 11.3 Å². The van der Waals surface area contributed by atoms with E-state index in [1.807, 2.05) is 34.2 Å². The molecular weight excluding hydrogens is 240 g/mol. The van der Waals surface area contributed by atoms with E-state index >= 15 is 0 Å². The molecule has 1 aromatic heterocycles. The number of amides is 2. The Labute approximate surface area is 104 Å². The molecule has 1 saturated heterocycles. The minimum atomic E-state index is 0.0428. The van der Waals surface area contributed by atoms with Crippen LogP contribution in [0.1, 0.15) is 12.8 Å². The molecule has 0 saturated carbocycles. The maximum atomic E-state index is 11.9. The normalized spacial score (nSPS) is 20.8. The molecule has 0 unspecified atom stereocenters. The largest absolute Gasteiger partial charge is 0.323 e. The van der Waals surface area contributed by atoms with E-state index in [4.69, 9.17) is 0 Å². The van der Waals surface area contributed by atoms with E-state index in [2.05, 4.69) is 11.6 Å². The molecule has 0 bridgehead atoms. The Balaban J connectivity index is 1.89. The van der Waals surface area contributed by atoms with Crippen LogP contribution in [-0.4, -0.2) is 35.5 Å². The van der Waals surface area contributed by atoms with Crippen molar-refractivity contribution in [1.82, 2.24) is 4.90 Å². The van der Waals surface area contributed by atoms with E-state index in [0.29, 0.717) is 5.25 Å². The predicted molar refractivity (Wildman–Crippen MR) is 71.4 cm³/mol. The van der Waals surface area contributed by atoms with Crippen molar-refractivity contribution in [1.29, 1.82) is 0 Å². The third-order valence-electron chi connectivity index (χ3n) is 2.75. The lowest BCUT2D eigenvalue weighted by Crippen LogP contribution is -2.43. The number of nitrogens with one attached hydrogen (secondary N) is 1. The molecular formula is C11H16N2OS2. The van der Waals surface area contributed by atoms with Gasteiger partial charge in [0.15, 0.2) is 0 Å². The average Bonchev–Trinajstić information content (AvgIpc) is 2.82. The Kier molecular flexibility index (Phi) is 4.12. The van der Waals surface area contributed by atoms with Crippen LogP contribution < -0.4 is 5.32 Å². The highest BCUT2D eigenvalue weighted by molar-refractivity contribution is 7.99. The third kappa shape index (κ3) is 2.92. The predicted octanol–water partition coefficient (Wildman–Crippen LogP) is 3.11. The van der Waals surface area contributed by atoms with Gasteiger partial charge in [-0.2, -0.15) is 11.8 Å². The lowest BCUT2D eigenvalue weighted by Gasteiger charge is -2.31. The molecule has 1 aromatic rings. The fourth-order valence-electron chi connectivity index (χ4n) is 1.85. The smallest absolute Gasteiger partial charge is 0.322 e. The molecule has 2 rings (SSSR count). The van der Waals surface area contributed by atoms with Crippen LogP contribution in [0.25, 0.3) is 0 Å². The molecule has 0 radical (unpaired) electrons. The fraction of sp³-hybridized carbons (Fsp3) is 0.545. The molecule has 1 aliphatic heterocycles. The Morgan fingerprint density at radius 1 is 1.69 bits per heavy atom. The van der Waals surface area contributed by atoms with Crippen LogP contribution in [0.15, 0.2) is 17.5 Å². The Morgan fingerprint density at radius 3 is 3.25 bits per heavy atom. The van der Waals surface area contributed by atoms with E-state index in [-0.39, 0.29) is 6.03 Å². The van der Waals surface area contributed by atoms with Gasteiger partial charge in [-0.3, -0.25) is 5.32 Å². The van der Waals surface area contributed by atoms with Gasteiger partial charge in [0, 0.05) is 18.3 Å². The van der Waals surface area contributed by atoms with Crippen molar-refractivity contribution in [2.24, 2.45) is 0 Å². The van der Waals surface area contributed by atoms with Gasteiger partial charge >= 0.3 is 6.03 Å². The van der Waals surface area contributed by atoms with Gasteiger partial charge in [-0.05, 0) is 36.6 Å². The van der Waals surface area contributed by atoms with Crippen molar-refractivity contribution >= 4 is 34.1 Å². The van der Waals surface area contributed by atoms with Crippen molar-refractivity contribution in [2.75, 3.05) is 24.7 Å². The standard InChI is InChI=1S/C11H16N2OS2/c1-15-9-4-2-6-13(8-9)11(14)12-10-5-3-7-16-10/h3,5,7,9H,2,4,6,8H2,1H3,(H,12,14)/t9-/m1/s1. The SMILES string of the molecule is CS[C@@H]1CCCN(C(=O)Nc2cccs2)C1. The molecule has 2 amide bonds.